The van der Waals surface area contributed by atoms with Crippen LogP contribution in [0.2, 0.25) is 0 Å². The number of nitrogens with one attached hydrogen (secondary N) is 1. The standard InChI is InChI=1S/C23H31N3O4S/c1-30-20-11-9-18(10-12-20)6-5-17-31(28,29)26-15-13-23(14-16-26)22(27)24-21(25-23)19-7-3-2-4-8-19/h5-6,9-12,19H,2-4,7-8,13-17H2,1H3,(H,24,25,27)/b6-5+. The molecule has 1 amide bonds. The molecule has 1 spiro atoms. The molecule has 1 N–H and O–H groups in total. The number of sulfonamides is 1. The number of amidine groups is 1. The highest BCUT2D eigenvalue weighted by Gasteiger charge is 2.48. The van der Waals surface area contributed by atoms with Gasteiger partial charge in [0, 0.05) is 19.0 Å². The Labute approximate surface area is 184 Å². The Bertz CT molecular complexity index is 955. The average molecular weight is 446 g/mol. The molecule has 1 saturated carbocycles. The van der Waals surface area contributed by atoms with E-state index in [1.54, 1.807) is 19.3 Å². The minimum Gasteiger partial charge on any atom is -0.497 e. The number of rotatable bonds is 6. The van der Waals surface area contributed by atoms with Gasteiger partial charge in [-0.3, -0.25) is 9.79 Å². The number of hydrogen-bond donors (Lipinski definition) is 1. The third kappa shape index (κ3) is 4.85. The maximum Gasteiger partial charge on any atom is 0.253 e. The van der Waals surface area contributed by atoms with Gasteiger partial charge in [-0.15, -0.1) is 0 Å². The quantitative estimate of drug-likeness (QED) is 0.729. The van der Waals surface area contributed by atoms with Crippen LogP contribution in [-0.4, -0.2) is 56.0 Å². The molecular formula is C23H31N3O4S. The third-order valence-electron chi connectivity index (χ3n) is 6.67. The van der Waals surface area contributed by atoms with Crippen LogP contribution in [0.1, 0.15) is 50.5 Å². The number of methoxy groups -OCH3 is 1. The first-order chi connectivity index (χ1) is 14.9. The van der Waals surface area contributed by atoms with Gasteiger partial charge in [0.1, 0.15) is 17.1 Å². The highest BCUT2D eigenvalue weighted by molar-refractivity contribution is 7.89. The molecule has 0 atom stereocenters. The number of aliphatic imine (C=N–C) groups is 1. The summed E-state index contributed by atoms with van der Waals surface area (Å²) in [4.78, 5) is 17.5. The van der Waals surface area contributed by atoms with E-state index < -0.39 is 15.6 Å². The molecule has 1 saturated heterocycles. The van der Waals surface area contributed by atoms with Crippen molar-refractivity contribution in [1.29, 1.82) is 0 Å². The van der Waals surface area contributed by atoms with Crippen LogP contribution in [0, 0.1) is 5.92 Å². The van der Waals surface area contributed by atoms with E-state index in [1.165, 1.54) is 23.6 Å². The van der Waals surface area contributed by atoms with Crippen LogP contribution < -0.4 is 10.1 Å². The molecule has 2 aliphatic heterocycles. The van der Waals surface area contributed by atoms with Crippen LogP contribution in [0.5, 0.6) is 5.75 Å². The molecule has 2 heterocycles. The lowest BCUT2D eigenvalue weighted by Crippen LogP contribution is -2.50. The predicted octanol–water partition coefficient (Wildman–Crippen LogP) is 2.98. The van der Waals surface area contributed by atoms with Crippen LogP contribution in [0.4, 0.5) is 0 Å². The summed E-state index contributed by atoms with van der Waals surface area (Å²) in [6.07, 6.45) is 10.1. The minimum atomic E-state index is -3.42. The molecular weight excluding hydrogens is 414 g/mol. The fourth-order valence-electron chi connectivity index (χ4n) is 4.71. The molecule has 31 heavy (non-hydrogen) atoms. The summed E-state index contributed by atoms with van der Waals surface area (Å²) < 4.78 is 32.2. The zero-order chi connectivity index (χ0) is 21.9. The van der Waals surface area contributed by atoms with Gasteiger partial charge in [-0.25, -0.2) is 12.7 Å². The van der Waals surface area contributed by atoms with Crippen molar-refractivity contribution in [2.75, 3.05) is 26.0 Å². The highest BCUT2D eigenvalue weighted by Crippen LogP contribution is 2.34. The summed E-state index contributed by atoms with van der Waals surface area (Å²) in [7, 11) is -1.81. The number of hydrogen-bond acceptors (Lipinski definition) is 5. The van der Waals surface area contributed by atoms with E-state index in [1.807, 2.05) is 24.3 Å². The van der Waals surface area contributed by atoms with E-state index in [4.69, 9.17) is 9.73 Å². The van der Waals surface area contributed by atoms with Gasteiger partial charge in [0.25, 0.3) is 5.91 Å². The van der Waals surface area contributed by atoms with Crippen LogP contribution in [-0.2, 0) is 14.8 Å². The first-order valence-corrected chi connectivity index (χ1v) is 12.7. The summed E-state index contributed by atoms with van der Waals surface area (Å²) >= 11 is 0. The summed E-state index contributed by atoms with van der Waals surface area (Å²) in [5.74, 6) is 1.83. The van der Waals surface area contributed by atoms with Crippen molar-refractivity contribution in [1.82, 2.24) is 9.62 Å². The maximum atomic E-state index is 12.8. The van der Waals surface area contributed by atoms with Gasteiger partial charge in [-0.2, -0.15) is 0 Å². The number of ether oxygens (including phenoxy) is 1. The predicted molar refractivity (Wildman–Crippen MR) is 122 cm³/mol. The van der Waals surface area contributed by atoms with Crippen molar-refractivity contribution in [2.45, 2.75) is 50.5 Å². The molecule has 0 aromatic heterocycles. The number of carbonyl (C=O) groups excluding carboxylic acids is 1. The first-order valence-electron chi connectivity index (χ1n) is 11.1. The lowest BCUT2D eigenvalue weighted by atomic mass is 9.88. The van der Waals surface area contributed by atoms with Crippen molar-refractivity contribution in [3.63, 3.8) is 0 Å². The number of piperidine rings is 1. The zero-order valence-corrected chi connectivity index (χ0v) is 18.9. The normalized spacial score (nSPS) is 22.6. The fraction of sp³-hybridized carbons (Fsp3) is 0.565. The van der Waals surface area contributed by atoms with Crippen molar-refractivity contribution < 1.29 is 17.9 Å². The minimum absolute atomic E-state index is 0.0514. The Morgan fingerprint density at radius 3 is 2.48 bits per heavy atom. The van der Waals surface area contributed by atoms with E-state index in [2.05, 4.69) is 5.32 Å². The molecule has 1 aromatic carbocycles. The Balaban J connectivity index is 1.35. The zero-order valence-electron chi connectivity index (χ0n) is 18.0. The van der Waals surface area contributed by atoms with Crippen LogP contribution in [0.15, 0.2) is 35.3 Å². The van der Waals surface area contributed by atoms with Gasteiger partial charge >= 0.3 is 0 Å². The number of nitrogens with zero attached hydrogens (tertiary/aromatic N) is 2. The second-order valence-electron chi connectivity index (χ2n) is 8.67. The Kier molecular flexibility index (Phi) is 6.48. The Morgan fingerprint density at radius 1 is 1.16 bits per heavy atom. The monoisotopic (exact) mass is 445 g/mol. The fourth-order valence-corrected chi connectivity index (χ4v) is 6.00. The van der Waals surface area contributed by atoms with Crippen molar-refractivity contribution in [2.24, 2.45) is 10.9 Å². The largest absolute Gasteiger partial charge is 0.497 e. The van der Waals surface area contributed by atoms with E-state index in [9.17, 15) is 13.2 Å². The summed E-state index contributed by atoms with van der Waals surface area (Å²) in [5.41, 5.74) is 0.137. The molecule has 4 rings (SSSR count). The van der Waals surface area contributed by atoms with Crippen molar-refractivity contribution in [3.05, 3.63) is 35.9 Å². The van der Waals surface area contributed by atoms with Gasteiger partial charge < -0.3 is 10.1 Å². The van der Waals surface area contributed by atoms with Gasteiger partial charge in [0.2, 0.25) is 10.0 Å². The van der Waals surface area contributed by atoms with Crippen molar-refractivity contribution >= 4 is 27.8 Å². The van der Waals surface area contributed by atoms with Gasteiger partial charge in [0.05, 0.1) is 12.9 Å². The van der Waals surface area contributed by atoms with E-state index in [-0.39, 0.29) is 11.7 Å². The molecule has 0 unspecified atom stereocenters. The van der Waals surface area contributed by atoms with Crippen molar-refractivity contribution in [3.8, 4) is 5.75 Å². The molecule has 1 aliphatic carbocycles. The molecule has 168 valence electrons. The Hall–Kier alpha value is -2.19. The molecule has 2 fully saturated rings. The smallest absolute Gasteiger partial charge is 0.253 e. The third-order valence-corrected chi connectivity index (χ3v) is 8.43. The molecule has 7 nitrogen and oxygen atoms in total. The molecule has 3 aliphatic rings. The maximum absolute atomic E-state index is 12.8. The number of benzene rings is 1. The topological polar surface area (TPSA) is 88.1 Å². The molecule has 0 bridgehead atoms. The number of amides is 1. The van der Waals surface area contributed by atoms with E-state index >= 15 is 0 Å². The Morgan fingerprint density at radius 2 is 1.84 bits per heavy atom. The van der Waals surface area contributed by atoms with Gasteiger partial charge in [-0.05, 0) is 43.4 Å². The summed E-state index contributed by atoms with van der Waals surface area (Å²) in [5, 5.41) is 3.02. The van der Waals surface area contributed by atoms with Crippen LogP contribution in [0.25, 0.3) is 6.08 Å². The van der Waals surface area contributed by atoms with E-state index in [0.29, 0.717) is 31.8 Å². The molecule has 8 heteroatoms. The highest BCUT2D eigenvalue weighted by atomic mass is 32.2. The van der Waals surface area contributed by atoms with Gasteiger partial charge in [-0.1, -0.05) is 43.5 Å². The average Bonchev–Trinajstić information content (AvgIpc) is 3.10. The lowest BCUT2D eigenvalue weighted by molar-refractivity contribution is -0.125. The van der Waals surface area contributed by atoms with Crippen LogP contribution >= 0.6 is 0 Å². The summed E-state index contributed by atoms with van der Waals surface area (Å²) in [6, 6.07) is 7.44. The molecule has 1 aromatic rings. The number of carbonyl (C=O) groups is 1. The second-order valence-corrected chi connectivity index (χ2v) is 10.7. The van der Waals surface area contributed by atoms with Crippen LogP contribution in [0.3, 0.4) is 0 Å². The first kappa shape index (κ1) is 22.0. The van der Waals surface area contributed by atoms with Gasteiger partial charge in [0.15, 0.2) is 0 Å². The lowest BCUT2D eigenvalue weighted by Gasteiger charge is -2.34. The summed E-state index contributed by atoms with van der Waals surface area (Å²) in [6.45, 7) is 0.654. The SMILES string of the molecule is COc1ccc(/C=C/CS(=O)(=O)N2CCC3(CC2)N=C(C2CCCCC2)NC3=O)cc1. The van der Waals surface area contributed by atoms with E-state index in [0.717, 1.165) is 30.0 Å². The second kappa shape index (κ2) is 9.12. The molecule has 0 radical (unpaired) electrons.